The van der Waals surface area contributed by atoms with Gasteiger partial charge in [0, 0.05) is 12.2 Å². The molecule has 0 fully saturated rings. The summed E-state index contributed by atoms with van der Waals surface area (Å²) in [4.78, 5) is 29.8. The molecule has 0 unspecified atom stereocenters. The zero-order valence-corrected chi connectivity index (χ0v) is 14.4. The monoisotopic (exact) mass is 362 g/mol. The van der Waals surface area contributed by atoms with Crippen molar-refractivity contribution in [2.75, 3.05) is 0 Å². The highest BCUT2D eigenvalue weighted by Crippen LogP contribution is 2.14. The standard InChI is InChI=1S/C7H6O3.2C6H8O2/c8-6-4-2-1-3-5(6)7(9)10;2*1-2-3-4-5-6(7)8/h1-4,8H,(H,9,10);2*2-5H,1H3,(H,7,8)/b;2*3-2+,5-4+. The Morgan fingerprint density at radius 2 is 1.19 bits per heavy atom. The third kappa shape index (κ3) is 16.8. The van der Waals surface area contributed by atoms with Crippen LogP contribution in [0.3, 0.4) is 0 Å². The van der Waals surface area contributed by atoms with Crippen LogP contribution in [0.1, 0.15) is 24.2 Å². The molecule has 0 aliphatic rings. The summed E-state index contributed by atoms with van der Waals surface area (Å²) in [5.41, 5.74) is -0.0671. The second-order valence-electron chi connectivity index (χ2n) is 4.27. The predicted molar refractivity (Wildman–Crippen MR) is 98.2 cm³/mol. The number of hydrogen-bond donors (Lipinski definition) is 4. The lowest BCUT2D eigenvalue weighted by Crippen LogP contribution is -1.95. The molecule has 0 aliphatic heterocycles. The van der Waals surface area contributed by atoms with E-state index in [0.717, 1.165) is 12.2 Å². The van der Waals surface area contributed by atoms with Gasteiger partial charge in [-0.3, -0.25) is 0 Å². The van der Waals surface area contributed by atoms with Crippen molar-refractivity contribution in [1.82, 2.24) is 0 Å². The quantitative estimate of drug-likeness (QED) is 0.465. The molecule has 0 spiro atoms. The Bertz CT molecular complexity index is 651. The minimum absolute atomic E-state index is 0.0671. The van der Waals surface area contributed by atoms with E-state index < -0.39 is 17.9 Å². The highest BCUT2D eigenvalue weighted by atomic mass is 16.4. The lowest BCUT2D eigenvalue weighted by Gasteiger charge is -1.95. The van der Waals surface area contributed by atoms with Gasteiger partial charge in [-0.05, 0) is 26.0 Å². The maximum Gasteiger partial charge on any atom is 0.339 e. The van der Waals surface area contributed by atoms with Gasteiger partial charge in [0.05, 0.1) is 0 Å². The van der Waals surface area contributed by atoms with E-state index in [-0.39, 0.29) is 11.3 Å². The van der Waals surface area contributed by atoms with Crippen molar-refractivity contribution in [3.05, 3.63) is 78.4 Å². The van der Waals surface area contributed by atoms with Gasteiger partial charge in [0.25, 0.3) is 0 Å². The third-order valence-corrected chi connectivity index (χ3v) is 2.22. The second kappa shape index (κ2) is 16.3. The van der Waals surface area contributed by atoms with Crippen molar-refractivity contribution < 1.29 is 34.8 Å². The third-order valence-electron chi connectivity index (χ3n) is 2.22. The molecule has 26 heavy (non-hydrogen) atoms. The number of aromatic carboxylic acids is 1. The molecule has 1 aromatic rings. The van der Waals surface area contributed by atoms with E-state index in [9.17, 15) is 14.4 Å². The van der Waals surface area contributed by atoms with Crippen LogP contribution >= 0.6 is 0 Å². The molecule has 0 aromatic heterocycles. The summed E-state index contributed by atoms with van der Waals surface area (Å²) in [5.74, 6) is -3.14. The second-order valence-corrected chi connectivity index (χ2v) is 4.27. The van der Waals surface area contributed by atoms with Crippen LogP contribution in [0.5, 0.6) is 5.75 Å². The van der Waals surface area contributed by atoms with Gasteiger partial charge in [-0.15, -0.1) is 0 Å². The van der Waals surface area contributed by atoms with E-state index in [1.54, 1.807) is 36.4 Å². The highest BCUT2D eigenvalue weighted by molar-refractivity contribution is 5.90. The molecular weight excluding hydrogens is 340 g/mol. The number of aromatic hydroxyl groups is 1. The first-order chi connectivity index (χ1) is 12.3. The van der Waals surface area contributed by atoms with Crippen molar-refractivity contribution in [2.24, 2.45) is 0 Å². The Hall–Kier alpha value is -3.61. The summed E-state index contributed by atoms with van der Waals surface area (Å²) >= 11 is 0. The summed E-state index contributed by atoms with van der Waals surface area (Å²) in [7, 11) is 0. The van der Waals surface area contributed by atoms with Gasteiger partial charge in [-0.25, -0.2) is 14.4 Å². The van der Waals surface area contributed by atoms with Crippen molar-refractivity contribution >= 4 is 17.9 Å². The van der Waals surface area contributed by atoms with Crippen LogP contribution < -0.4 is 0 Å². The number of carboxylic acids is 3. The van der Waals surface area contributed by atoms with Gasteiger partial charge in [0.15, 0.2) is 0 Å². The van der Waals surface area contributed by atoms with Crippen molar-refractivity contribution in [1.29, 1.82) is 0 Å². The molecule has 0 amide bonds. The number of allylic oxidation sites excluding steroid dienone is 6. The van der Waals surface area contributed by atoms with Gasteiger partial charge < -0.3 is 20.4 Å². The topological polar surface area (TPSA) is 132 Å². The first kappa shape index (κ1) is 24.6. The van der Waals surface area contributed by atoms with Crippen LogP contribution in [0.25, 0.3) is 0 Å². The molecule has 1 rings (SSSR count). The molecule has 7 nitrogen and oxygen atoms in total. The Kier molecular flexibility index (Phi) is 15.4. The summed E-state index contributed by atoms with van der Waals surface area (Å²) in [5, 5.41) is 33.3. The average Bonchev–Trinajstić information content (AvgIpc) is 2.56. The SMILES string of the molecule is C/C=C/C=C/C(=O)O.C/C=C/C=C/C(=O)O.O=C(O)c1ccccc1O. The minimum atomic E-state index is -1.11. The zero-order valence-electron chi connectivity index (χ0n) is 14.4. The molecule has 0 saturated heterocycles. The van der Waals surface area contributed by atoms with Crippen molar-refractivity contribution in [2.45, 2.75) is 13.8 Å². The van der Waals surface area contributed by atoms with Crippen LogP contribution in [0, 0.1) is 0 Å². The van der Waals surface area contributed by atoms with Crippen molar-refractivity contribution in [3.63, 3.8) is 0 Å². The van der Waals surface area contributed by atoms with Crippen LogP contribution in [0.2, 0.25) is 0 Å². The number of benzene rings is 1. The number of phenols is 1. The molecule has 0 bridgehead atoms. The van der Waals surface area contributed by atoms with E-state index in [2.05, 4.69) is 0 Å². The van der Waals surface area contributed by atoms with E-state index >= 15 is 0 Å². The summed E-state index contributed by atoms with van der Waals surface area (Å²) in [6.07, 6.45) is 12.0. The summed E-state index contributed by atoms with van der Waals surface area (Å²) in [6.45, 7) is 3.65. The number of para-hydroxylation sites is 1. The molecule has 7 heteroatoms. The summed E-state index contributed by atoms with van der Waals surface area (Å²) in [6, 6.07) is 5.81. The number of carboxylic acid groups (broad SMARTS) is 3. The Morgan fingerprint density at radius 3 is 1.46 bits per heavy atom. The van der Waals surface area contributed by atoms with Crippen LogP contribution in [-0.4, -0.2) is 38.3 Å². The van der Waals surface area contributed by atoms with Gasteiger partial charge in [-0.1, -0.05) is 48.6 Å². The molecule has 0 heterocycles. The number of rotatable bonds is 5. The molecule has 140 valence electrons. The van der Waals surface area contributed by atoms with Gasteiger partial charge >= 0.3 is 17.9 Å². The maximum atomic E-state index is 10.3. The fraction of sp³-hybridized carbons (Fsp3) is 0.105. The van der Waals surface area contributed by atoms with E-state index in [1.165, 1.54) is 24.3 Å². The largest absolute Gasteiger partial charge is 0.507 e. The number of aliphatic carboxylic acids is 2. The van der Waals surface area contributed by atoms with E-state index in [4.69, 9.17) is 20.4 Å². The lowest BCUT2D eigenvalue weighted by atomic mass is 10.2. The normalized spacial score (nSPS) is 10.4. The zero-order chi connectivity index (χ0) is 20.4. The Balaban J connectivity index is 0. The Morgan fingerprint density at radius 1 is 0.769 bits per heavy atom. The smallest absolute Gasteiger partial charge is 0.339 e. The summed E-state index contributed by atoms with van der Waals surface area (Å²) < 4.78 is 0. The van der Waals surface area contributed by atoms with Gasteiger partial charge in [0.1, 0.15) is 11.3 Å². The predicted octanol–water partition coefficient (Wildman–Crippen LogP) is 3.50. The first-order valence-electron chi connectivity index (χ1n) is 7.32. The molecule has 0 saturated carbocycles. The van der Waals surface area contributed by atoms with Crippen molar-refractivity contribution in [3.8, 4) is 5.75 Å². The first-order valence-corrected chi connectivity index (χ1v) is 7.32. The van der Waals surface area contributed by atoms with Crippen LogP contribution in [-0.2, 0) is 9.59 Å². The van der Waals surface area contributed by atoms with E-state index in [1.807, 2.05) is 13.8 Å². The molecule has 1 aromatic carbocycles. The minimum Gasteiger partial charge on any atom is -0.507 e. The maximum absolute atomic E-state index is 10.3. The van der Waals surface area contributed by atoms with Crippen LogP contribution in [0.4, 0.5) is 0 Å². The molecule has 0 atom stereocenters. The highest BCUT2D eigenvalue weighted by Gasteiger charge is 2.05. The fourth-order valence-corrected chi connectivity index (χ4v) is 1.15. The average molecular weight is 362 g/mol. The molecule has 0 aliphatic carbocycles. The van der Waals surface area contributed by atoms with Crippen LogP contribution in [0.15, 0.2) is 72.9 Å². The number of carbonyl (C=O) groups is 3. The van der Waals surface area contributed by atoms with Gasteiger partial charge in [0.2, 0.25) is 0 Å². The van der Waals surface area contributed by atoms with Gasteiger partial charge in [-0.2, -0.15) is 0 Å². The Labute approximate surface area is 151 Å². The van der Waals surface area contributed by atoms with E-state index in [0.29, 0.717) is 0 Å². The number of hydrogen-bond acceptors (Lipinski definition) is 4. The molecule has 4 N–H and O–H groups in total. The lowest BCUT2D eigenvalue weighted by molar-refractivity contribution is -0.132. The molecule has 0 radical (unpaired) electrons. The molecular formula is C19H22O7. The fourth-order valence-electron chi connectivity index (χ4n) is 1.15.